The maximum atomic E-state index is 8.76. The lowest BCUT2D eigenvalue weighted by Gasteiger charge is -2.16. The molecule has 1 rings (SSSR count). The van der Waals surface area contributed by atoms with Gasteiger partial charge in [0.2, 0.25) is 0 Å². The van der Waals surface area contributed by atoms with Crippen molar-refractivity contribution in [2.45, 2.75) is 20.4 Å². The second kappa shape index (κ2) is 4.99. The molecule has 4 heteroatoms. The van der Waals surface area contributed by atoms with Crippen LogP contribution in [0.5, 0.6) is 0 Å². The van der Waals surface area contributed by atoms with E-state index in [1.165, 1.54) is 0 Å². The first-order chi connectivity index (χ1) is 6.26. The average molecular weight is 184 g/mol. The lowest BCUT2D eigenvalue weighted by molar-refractivity contribution is 0.182. The summed E-state index contributed by atoms with van der Waals surface area (Å²) >= 11 is 0. The van der Waals surface area contributed by atoms with Gasteiger partial charge >= 0.3 is 0 Å². The molecule has 1 aromatic rings. The maximum absolute atomic E-state index is 8.76. The third-order valence-corrected chi connectivity index (χ3v) is 1.92. The molecular formula is C9H16N2O2. The molecule has 0 saturated heterocycles. The van der Waals surface area contributed by atoms with Crippen LogP contribution < -0.4 is 0 Å². The minimum Gasteiger partial charge on any atom is -0.395 e. The number of rotatable bonds is 5. The first kappa shape index (κ1) is 10.2. The van der Waals surface area contributed by atoms with Crippen LogP contribution in [0.2, 0.25) is 0 Å². The van der Waals surface area contributed by atoms with Crippen LogP contribution in [-0.2, 0) is 6.54 Å². The smallest absolute Gasteiger partial charge is 0.150 e. The molecule has 0 amide bonds. The SMILES string of the molecule is CCN(CCO)Cc1cc(C)no1. The van der Waals surface area contributed by atoms with E-state index in [9.17, 15) is 0 Å². The van der Waals surface area contributed by atoms with Crippen molar-refractivity contribution in [1.29, 1.82) is 0 Å². The van der Waals surface area contributed by atoms with Crippen molar-refractivity contribution < 1.29 is 9.63 Å². The highest BCUT2D eigenvalue weighted by molar-refractivity contribution is 5.02. The molecule has 0 aliphatic rings. The molecule has 74 valence electrons. The summed E-state index contributed by atoms with van der Waals surface area (Å²) in [5.74, 6) is 0.854. The van der Waals surface area contributed by atoms with Crippen LogP contribution >= 0.6 is 0 Å². The van der Waals surface area contributed by atoms with Crippen LogP contribution in [0.3, 0.4) is 0 Å². The minimum atomic E-state index is 0.182. The topological polar surface area (TPSA) is 49.5 Å². The third kappa shape index (κ3) is 3.16. The molecule has 0 unspecified atom stereocenters. The molecule has 0 aliphatic heterocycles. The Morgan fingerprint density at radius 3 is 2.85 bits per heavy atom. The van der Waals surface area contributed by atoms with Crippen molar-refractivity contribution >= 4 is 0 Å². The average Bonchev–Trinajstić information content (AvgIpc) is 2.50. The molecule has 0 radical (unpaired) electrons. The summed E-state index contributed by atoms with van der Waals surface area (Å²) in [6.45, 7) is 6.43. The molecule has 1 heterocycles. The fourth-order valence-corrected chi connectivity index (χ4v) is 1.20. The summed E-state index contributed by atoms with van der Waals surface area (Å²) in [6.07, 6.45) is 0. The second-order valence-electron chi connectivity index (χ2n) is 3.03. The number of aliphatic hydroxyl groups is 1. The summed E-state index contributed by atoms with van der Waals surface area (Å²) in [7, 11) is 0. The number of aliphatic hydroxyl groups excluding tert-OH is 1. The molecule has 0 aromatic carbocycles. The van der Waals surface area contributed by atoms with Crippen LogP contribution in [-0.4, -0.2) is 34.9 Å². The van der Waals surface area contributed by atoms with Gasteiger partial charge in [-0.15, -0.1) is 0 Å². The number of aryl methyl sites for hydroxylation is 1. The van der Waals surface area contributed by atoms with E-state index >= 15 is 0 Å². The van der Waals surface area contributed by atoms with Crippen molar-refractivity contribution in [3.05, 3.63) is 17.5 Å². The van der Waals surface area contributed by atoms with E-state index < -0.39 is 0 Å². The third-order valence-electron chi connectivity index (χ3n) is 1.92. The van der Waals surface area contributed by atoms with E-state index in [1.807, 2.05) is 13.0 Å². The summed E-state index contributed by atoms with van der Waals surface area (Å²) in [6, 6.07) is 1.92. The zero-order valence-corrected chi connectivity index (χ0v) is 8.16. The second-order valence-corrected chi connectivity index (χ2v) is 3.03. The molecule has 1 N–H and O–H groups in total. The van der Waals surface area contributed by atoms with Gasteiger partial charge in [0, 0.05) is 12.6 Å². The van der Waals surface area contributed by atoms with E-state index in [0.29, 0.717) is 6.54 Å². The van der Waals surface area contributed by atoms with E-state index in [1.54, 1.807) is 0 Å². The molecule has 0 fully saturated rings. The van der Waals surface area contributed by atoms with Crippen molar-refractivity contribution in [3.63, 3.8) is 0 Å². The van der Waals surface area contributed by atoms with Crippen LogP contribution in [0.4, 0.5) is 0 Å². The Morgan fingerprint density at radius 1 is 1.62 bits per heavy atom. The maximum Gasteiger partial charge on any atom is 0.150 e. The first-order valence-corrected chi connectivity index (χ1v) is 4.51. The Balaban J connectivity index is 2.46. The Morgan fingerprint density at radius 2 is 2.38 bits per heavy atom. The Hall–Kier alpha value is -0.870. The van der Waals surface area contributed by atoms with Gasteiger partial charge in [-0.1, -0.05) is 12.1 Å². The van der Waals surface area contributed by atoms with Gasteiger partial charge in [0.05, 0.1) is 18.8 Å². The molecule has 0 spiro atoms. The number of nitrogens with zero attached hydrogens (tertiary/aromatic N) is 2. The van der Waals surface area contributed by atoms with Gasteiger partial charge in [-0.05, 0) is 13.5 Å². The zero-order valence-electron chi connectivity index (χ0n) is 8.16. The van der Waals surface area contributed by atoms with Crippen LogP contribution in [0.15, 0.2) is 10.6 Å². The molecular weight excluding hydrogens is 168 g/mol. The predicted molar refractivity (Wildman–Crippen MR) is 49.3 cm³/mol. The molecule has 0 atom stereocenters. The van der Waals surface area contributed by atoms with Crippen LogP contribution in [0.1, 0.15) is 18.4 Å². The summed E-state index contributed by atoms with van der Waals surface area (Å²) in [5.41, 5.74) is 0.898. The van der Waals surface area contributed by atoms with Gasteiger partial charge < -0.3 is 9.63 Å². The molecule has 4 nitrogen and oxygen atoms in total. The molecule has 0 bridgehead atoms. The van der Waals surface area contributed by atoms with Gasteiger partial charge in [-0.3, -0.25) is 4.90 Å². The highest BCUT2D eigenvalue weighted by atomic mass is 16.5. The Kier molecular flexibility index (Phi) is 3.92. The number of hydrogen-bond donors (Lipinski definition) is 1. The van der Waals surface area contributed by atoms with E-state index in [4.69, 9.17) is 9.63 Å². The monoisotopic (exact) mass is 184 g/mol. The molecule has 1 aromatic heterocycles. The highest BCUT2D eigenvalue weighted by Gasteiger charge is 2.06. The van der Waals surface area contributed by atoms with Gasteiger partial charge in [0.25, 0.3) is 0 Å². The Bertz CT molecular complexity index is 248. The summed E-state index contributed by atoms with van der Waals surface area (Å²) in [5, 5.41) is 12.6. The van der Waals surface area contributed by atoms with Crippen LogP contribution in [0, 0.1) is 6.92 Å². The van der Waals surface area contributed by atoms with E-state index in [0.717, 1.165) is 24.5 Å². The van der Waals surface area contributed by atoms with Crippen molar-refractivity contribution in [1.82, 2.24) is 10.1 Å². The van der Waals surface area contributed by atoms with E-state index in [2.05, 4.69) is 17.0 Å². The van der Waals surface area contributed by atoms with Crippen molar-refractivity contribution in [3.8, 4) is 0 Å². The van der Waals surface area contributed by atoms with Crippen molar-refractivity contribution in [2.75, 3.05) is 19.7 Å². The quantitative estimate of drug-likeness (QED) is 0.735. The fourth-order valence-electron chi connectivity index (χ4n) is 1.20. The Labute approximate surface area is 78.1 Å². The van der Waals surface area contributed by atoms with Crippen molar-refractivity contribution in [2.24, 2.45) is 0 Å². The molecule has 0 aliphatic carbocycles. The predicted octanol–water partition coefficient (Wildman–Crippen LogP) is 0.797. The van der Waals surface area contributed by atoms with Gasteiger partial charge in [0.15, 0.2) is 5.76 Å². The normalized spacial score (nSPS) is 11.1. The van der Waals surface area contributed by atoms with Gasteiger partial charge in [-0.25, -0.2) is 0 Å². The first-order valence-electron chi connectivity index (χ1n) is 4.51. The zero-order chi connectivity index (χ0) is 9.68. The van der Waals surface area contributed by atoms with Gasteiger partial charge in [0.1, 0.15) is 0 Å². The summed E-state index contributed by atoms with van der Waals surface area (Å²) in [4.78, 5) is 2.10. The molecule has 13 heavy (non-hydrogen) atoms. The number of hydrogen-bond acceptors (Lipinski definition) is 4. The lowest BCUT2D eigenvalue weighted by Crippen LogP contribution is -2.25. The standard InChI is InChI=1S/C9H16N2O2/c1-3-11(4-5-12)7-9-6-8(2)10-13-9/h6,12H,3-5,7H2,1-2H3. The van der Waals surface area contributed by atoms with E-state index in [-0.39, 0.29) is 6.61 Å². The van der Waals surface area contributed by atoms with Gasteiger partial charge in [-0.2, -0.15) is 0 Å². The highest BCUT2D eigenvalue weighted by Crippen LogP contribution is 2.05. The molecule has 0 saturated carbocycles. The number of aromatic nitrogens is 1. The number of likely N-dealkylation sites (N-methyl/N-ethyl adjacent to an activating group) is 1. The summed E-state index contributed by atoms with van der Waals surface area (Å²) < 4.78 is 5.07. The fraction of sp³-hybridized carbons (Fsp3) is 0.667. The lowest BCUT2D eigenvalue weighted by atomic mass is 10.3. The largest absolute Gasteiger partial charge is 0.395 e. The minimum absolute atomic E-state index is 0.182. The van der Waals surface area contributed by atoms with Crippen LogP contribution in [0.25, 0.3) is 0 Å².